The van der Waals surface area contributed by atoms with E-state index in [9.17, 15) is 13.2 Å². The summed E-state index contributed by atoms with van der Waals surface area (Å²) in [5.41, 5.74) is 6.07. The molecule has 0 radical (unpaired) electrons. The van der Waals surface area contributed by atoms with Gasteiger partial charge in [-0.05, 0) is 43.7 Å². The van der Waals surface area contributed by atoms with Crippen molar-refractivity contribution in [3.05, 3.63) is 66.0 Å². The van der Waals surface area contributed by atoms with Gasteiger partial charge in [0.1, 0.15) is 11.6 Å². The molecule has 1 heterocycles. The molecule has 2 aromatic carbocycles. The highest BCUT2D eigenvalue weighted by Gasteiger charge is 2.32. The average Bonchev–Trinajstić information content (AvgIpc) is 2.71. The largest absolute Gasteiger partial charge is 0.573 e. The van der Waals surface area contributed by atoms with Gasteiger partial charge in [0.25, 0.3) is 0 Å². The fourth-order valence-electron chi connectivity index (χ4n) is 2.86. The number of anilines is 2. The van der Waals surface area contributed by atoms with Crippen molar-refractivity contribution in [1.82, 2.24) is 9.97 Å². The van der Waals surface area contributed by atoms with Gasteiger partial charge in [-0.2, -0.15) is 5.10 Å². The molecule has 0 aliphatic rings. The fourth-order valence-corrected chi connectivity index (χ4v) is 2.86. The van der Waals surface area contributed by atoms with Gasteiger partial charge in [0.15, 0.2) is 5.82 Å². The number of benzene rings is 2. The van der Waals surface area contributed by atoms with Gasteiger partial charge in [0.05, 0.1) is 11.4 Å². The lowest BCUT2D eigenvalue weighted by molar-refractivity contribution is -0.274. The van der Waals surface area contributed by atoms with Crippen molar-refractivity contribution < 1.29 is 17.9 Å². The van der Waals surface area contributed by atoms with Crippen molar-refractivity contribution in [1.29, 1.82) is 0 Å². The third kappa shape index (κ3) is 5.94. The second kappa shape index (κ2) is 9.03. The number of aryl methyl sites for hydroxylation is 1. The topological polar surface area (TPSA) is 62.6 Å². The molecule has 6 nitrogen and oxygen atoms in total. The molecule has 0 fully saturated rings. The summed E-state index contributed by atoms with van der Waals surface area (Å²) in [5.74, 6) is 0.401. The number of nitrogens with one attached hydrogen (secondary N) is 1. The number of ether oxygens (including phenoxy) is 1. The summed E-state index contributed by atoms with van der Waals surface area (Å²) in [5, 5.41) is 4.35. The summed E-state index contributed by atoms with van der Waals surface area (Å²) in [6, 6.07) is 15.2. The van der Waals surface area contributed by atoms with E-state index in [1.165, 1.54) is 24.3 Å². The van der Waals surface area contributed by atoms with Gasteiger partial charge in [0.2, 0.25) is 0 Å². The molecule has 0 unspecified atom stereocenters. The number of hydrazone groups is 1. The van der Waals surface area contributed by atoms with Crippen LogP contribution < -0.4 is 15.1 Å². The molecule has 0 spiro atoms. The highest BCUT2D eigenvalue weighted by molar-refractivity contribution is 5.99. The average molecular weight is 429 g/mol. The van der Waals surface area contributed by atoms with Crippen molar-refractivity contribution in [3.63, 3.8) is 0 Å². The molecule has 1 aromatic heterocycles. The van der Waals surface area contributed by atoms with Crippen LogP contribution in [-0.4, -0.2) is 36.1 Å². The molecule has 0 aliphatic carbocycles. The number of halogens is 3. The van der Waals surface area contributed by atoms with Gasteiger partial charge in [-0.3, -0.25) is 5.43 Å². The third-order valence-corrected chi connectivity index (χ3v) is 4.37. The van der Waals surface area contributed by atoms with Gasteiger partial charge in [-0.25, -0.2) is 9.97 Å². The van der Waals surface area contributed by atoms with Gasteiger partial charge in [-0.1, -0.05) is 24.3 Å². The normalized spacial score (nSPS) is 11.9. The Hall–Kier alpha value is -3.62. The lowest BCUT2D eigenvalue weighted by Gasteiger charge is -2.14. The maximum Gasteiger partial charge on any atom is 0.573 e. The van der Waals surface area contributed by atoms with Gasteiger partial charge >= 0.3 is 6.36 Å². The minimum atomic E-state index is -4.80. The molecule has 9 heteroatoms. The number of nitrogens with zero attached hydrogens (tertiary/aromatic N) is 4. The molecule has 0 bridgehead atoms. The Kier molecular flexibility index (Phi) is 6.43. The van der Waals surface area contributed by atoms with Crippen LogP contribution in [0.3, 0.4) is 0 Å². The van der Waals surface area contributed by atoms with Gasteiger partial charge in [-0.15, -0.1) is 13.2 Å². The molecule has 31 heavy (non-hydrogen) atoms. The van der Waals surface area contributed by atoms with E-state index in [-0.39, 0.29) is 17.0 Å². The zero-order valence-corrected chi connectivity index (χ0v) is 17.5. The molecule has 0 saturated heterocycles. The Labute approximate surface area is 178 Å². The van der Waals surface area contributed by atoms with Crippen LogP contribution in [-0.2, 0) is 0 Å². The summed E-state index contributed by atoms with van der Waals surface area (Å²) < 4.78 is 42.4. The van der Waals surface area contributed by atoms with Crippen LogP contribution in [0.15, 0.2) is 59.7 Å². The van der Waals surface area contributed by atoms with Crippen molar-refractivity contribution in [3.8, 4) is 17.0 Å². The molecule has 0 atom stereocenters. The second-order valence-electron chi connectivity index (χ2n) is 6.98. The van der Waals surface area contributed by atoms with Crippen LogP contribution in [0.25, 0.3) is 11.3 Å². The summed E-state index contributed by atoms with van der Waals surface area (Å²) in [4.78, 5) is 10.5. The third-order valence-electron chi connectivity index (χ3n) is 4.37. The molecule has 0 saturated carbocycles. The number of para-hydroxylation sites is 1. The van der Waals surface area contributed by atoms with Crippen molar-refractivity contribution in [2.45, 2.75) is 20.2 Å². The Morgan fingerprint density at radius 2 is 1.71 bits per heavy atom. The standard InChI is InChI=1S/C22H22F3N5O/c1-14(16-9-11-17(12-10-16)30(3)4)28-29-21-13-19(26-15(2)27-21)18-7-5-6-8-20(18)31-22(23,24)25/h5-13H,1-4H3,(H,26,27,29). The quantitative estimate of drug-likeness (QED) is 0.428. The van der Waals surface area contributed by atoms with E-state index in [0.717, 1.165) is 17.0 Å². The minimum Gasteiger partial charge on any atom is -0.405 e. The number of rotatable bonds is 6. The number of hydrogen-bond donors (Lipinski definition) is 1. The highest BCUT2D eigenvalue weighted by atomic mass is 19.4. The van der Waals surface area contributed by atoms with E-state index in [1.54, 1.807) is 13.0 Å². The molecule has 3 rings (SSSR count). The van der Waals surface area contributed by atoms with E-state index in [0.29, 0.717) is 11.6 Å². The Morgan fingerprint density at radius 3 is 2.35 bits per heavy atom. The molecule has 162 valence electrons. The smallest absolute Gasteiger partial charge is 0.405 e. The maximum absolute atomic E-state index is 12.7. The van der Waals surface area contributed by atoms with E-state index in [2.05, 4.69) is 25.2 Å². The van der Waals surface area contributed by atoms with Crippen LogP contribution in [0.1, 0.15) is 18.3 Å². The van der Waals surface area contributed by atoms with Crippen molar-refractivity contribution in [2.24, 2.45) is 5.10 Å². The van der Waals surface area contributed by atoms with Crippen LogP contribution in [0, 0.1) is 6.92 Å². The lowest BCUT2D eigenvalue weighted by atomic mass is 10.1. The Morgan fingerprint density at radius 1 is 1.03 bits per heavy atom. The summed E-state index contributed by atoms with van der Waals surface area (Å²) in [7, 11) is 3.93. The van der Waals surface area contributed by atoms with Crippen LogP contribution in [0.2, 0.25) is 0 Å². The first-order chi connectivity index (χ1) is 14.6. The summed E-state index contributed by atoms with van der Waals surface area (Å²) in [6.07, 6.45) is -4.80. The highest BCUT2D eigenvalue weighted by Crippen LogP contribution is 2.33. The molecular formula is C22H22F3N5O. The zero-order valence-electron chi connectivity index (χ0n) is 17.5. The van der Waals surface area contributed by atoms with Crippen molar-refractivity contribution >= 4 is 17.2 Å². The molecular weight excluding hydrogens is 407 g/mol. The monoisotopic (exact) mass is 429 g/mol. The van der Waals surface area contributed by atoms with E-state index in [4.69, 9.17) is 0 Å². The first-order valence-corrected chi connectivity index (χ1v) is 9.41. The summed E-state index contributed by atoms with van der Waals surface area (Å²) in [6.45, 7) is 3.50. The predicted octanol–water partition coefficient (Wildman–Crippen LogP) is 5.25. The molecule has 1 N–H and O–H groups in total. The van der Waals surface area contributed by atoms with E-state index >= 15 is 0 Å². The second-order valence-corrected chi connectivity index (χ2v) is 6.98. The van der Waals surface area contributed by atoms with E-state index < -0.39 is 6.36 Å². The van der Waals surface area contributed by atoms with Gasteiger partial charge in [0, 0.05) is 31.4 Å². The molecule has 0 aliphatic heterocycles. The lowest BCUT2D eigenvalue weighted by Crippen LogP contribution is -2.17. The number of alkyl halides is 3. The van der Waals surface area contributed by atoms with Crippen LogP contribution >= 0.6 is 0 Å². The molecule has 0 amide bonds. The van der Waals surface area contributed by atoms with Crippen molar-refractivity contribution in [2.75, 3.05) is 24.4 Å². The Balaban J connectivity index is 1.86. The maximum atomic E-state index is 12.7. The minimum absolute atomic E-state index is 0.202. The van der Waals surface area contributed by atoms with Gasteiger partial charge < -0.3 is 9.64 Å². The zero-order chi connectivity index (χ0) is 22.6. The van der Waals surface area contributed by atoms with Crippen LogP contribution in [0.5, 0.6) is 5.75 Å². The van der Waals surface area contributed by atoms with E-state index in [1.807, 2.05) is 50.2 Å². The molecule has 3 aromatic rings. The number of aromatic nitrogens is 2. The first kappa shape index (κ1) is 22.1. The van der Waals surface area contributed by atoms with Crippen LogP contribution in [0.4, 0.5) is 24.7 Å². The predicted molar refractivity (Wildman–Crippen MR) is 115 cm³/mol. The number of hydrogen-bond acceptors (Lipinski definition) is 6. The SMILES string of the molecule is CC(=NNc1cc(-c2ccccc2OC(F)(F)F)nc(C)n1)c1ccc(N(C)C)cc1. The first-order valence-electron chi connectivity index (χ1n) is 9.41. The summed E-state index contributed by atoms with van der Waals surface area (Å²) >= 11 is 0. The Bertz CT molecular complexity index is 1080. The fraction of sp³-hybridized carbons (Fsp3) is 0.227.